The van der Waals surface area contributed by atoms with Crippen LogP contribution in [0.1, 0.15) is 16.7 Å². The number of nitro benzene ring substituents is 2. The number of rotatable bonds is 4. The third-order valence-electron chi connectivity index (χ3n) is 3.88. The van der Waals surface area contributed by atoms with Crippen molar-refractivity contribution in [2.75, 3.05) is 5.32 Å². The Morgan fingerprint density at radius 2 is 1.12 bits per heavy atom. The van der Waals surface area contributed by atoms with Gasteiger partial charge in [-0.1, -0.05) is 0 Å². The molecule has 0 heterocycles. The van der Waals surface area contributed by atoms with Crippen molar-refractivity contribution in [2.24, 2.45) is 0 Å². The largest absolute Gasteiger partial charge is 0.418 e. The van der Waals surface area contributed by atoms with Crippen LogP contribution in [0.15, 0.2) is 27.1 Å². The molecule has 2 aromatic carbocycles. The molecular formula is C15H4Br2F9N3O4. The van der Waals surface area contributed by atoms with Crippen LogP contribution >= 0.6 is 31.9 Å². The molecule has 1 N–H and O–H groups in total. The molecular weight excluding hydrogens is 617 g/mol. The number of anilines is 2. The average molecular weight is 621 g/mol. The van der Waals surface area contributed by atoms with Crippen molar-refractivity contribution >= 4 is 54.6 Å². The number of nitro groups is 2. The Bertz CT molecular complexity index is 1150. The van der Waals surface area contributed by atoms with Gasteiger partial charge in [-0.05, 0) is 37.9 Å². The van der Waals surface area contributed by atoms with E-state index in [-0.39, 0.29) is 12.1 Å². The molecule has 0 aliphatic rings. The molecule has 0 bridgehead atoms. The molecule has 0 spiro atoms. The summed E-state index contributed by atoms with van der Waals surface area (Å²) < 4.78 is 118. The summed E-state index contributed by atoms with van der Waals surface area (Å²) >= 11 is 4.83. The molecule has 18 heteroatoms. The predicted octanol–water partition coefficient (Wildman–Crippen LogP) is 7.83. The van der Waals surface area contributed by atoms with Gasteiger partial charge in [-0.3, -0.25) is 20.2 Å². The van der Waals surface area contributed by atoms with E-state index in [0.29, 0.717) is 0 Å². The monoisotopic (exact) mass is 619 g/mol. The second kappa shape index (κ2) is 8.62. The number of benzene rings is 2. The van der Waals surface area contributed by atoms with E-state index >= 15 is 0 Å². The Kier molecular flexibility index (Phi) is 6.95. The Balaban J connectivity index is 2.97. The first-order valence-corrected chi connectivity index (χ1v) is 9.32. The first-order valence-electron chi connectivity index (χ1n) is 7.74. The van der Waals surface area contributed by atoms with Crippen LogP contribution in [-0.2, 0) is 18.5 Å². The highest BCUT2D eigenvalue weighted by atomic mass is 79.9. The second-order valence-electron chi connectivity index (χ2n) is 5.99. The quantitative estimate of drug-likeness (QED) is 0.213. The highest BCUT2D eigenvalue weighted by Crippen LogP contribution is 2.51. The smallest absolute Gasteiger partial charge is 0.348 e. The van der Waals surface area contributed by atoms with Crippen LogP contribution in [0.3, 0.4) is 0 Å². The Labute approximate surface area is 192 Å². The third kappa shape index (κ3) is 5.48. The topological polar surface area (TPSA) is 98.3 Å². The molecule has 0 unspecified atom stereocenters. The number of halogens is 11. The van der Waals surface area contributed by atoms with Crippen LogP contribution in [0.4, 0.5) is 62.3 Å². The van der Waals surface area contributed by atoms with Crippen molar-refractivity contribution in [3.05, 3.63) is 64.1 Å². The molecule has 0 aromatic heterocycles. The SMILES string of the molecule is O=[N+]([O-])c1cc([N+](=O)[O-])c(Nc2c(C(F)(F)F)cc(C(F)(F)F)c(Br)c2Br)c(C(F)(F)F)c1. The number of nitrogens with zero attached hydrogens (tertiary/aromatic N) is 2. The summed E-state index contributed by atoms with van der Waals surface area (Å²) in [6.07, 6.45) is -16.4. The second-order valence-corrected chi connectivity index (χ2v) is 7.58. The zero-order valence-corrected chi connectivity index (χ0v) is 18.1. The summed E-state index contributed by atoms with van der Waals surface area (Å²) in [5.41, 5.74) is -12.2. The van der Waals surface area contributed by atoms with E-state index in [2.05, 4.69) is 31.9 Å². The maximum Gasteiger partial charge on any atom is 0.418 e. The molecule has 0 fully saturated rings. The first kappa shape index (κ1) is 26.6. The van der Waals surface area contributed by atoms with Crippen molar-refractivity contribution in [1.29, 1.82) is 0 Å². The predicted molar refractivity (Wildman–Crippen MR) is 99.9 cm³/mol. The van der Waals surface area contributed by atoms with Gasteiger partial charge in [-0.15, -0.1) is 0 Å². The molecule has 0 aliphatic carbocycles. The van der Waals surface area contributed by atoms with Crippen LogP contribution in [0.5, 0.6) is 0 Å². The summed E-state index contributed by atoms with van der Waals surface area (Å²) in [4.78, 5) is 19.2. The van der Waals surface area contributed by atoms with E-state index in [1.54, 1.807) is 0 Å². The minimum absolute atomic E-state index is 0.0534. The van der Waals surface area contributed by atoms with Crippen LogP contribution in [0, 0.1) is 20.2 Å². The Morgan fingerprint density at radius 3 is 1.52 bits per heavy atom. The maximum atomic E-state index is 13.5. The van der Waals surface area contributed by atoms with Crippen molar-refractivity contribution in [2.45, 2.75) is 18.5 Å². The molecule has 180 valence electrons. The molecule has 2 aromatic rings. The van der Waals surface area contributed by atoms with Gasteiger partial charge in [0.05, 0.1) is 42.8 Å². The van der Waals surface area contributed by atoms with Gasteiger partial charge in [0.15, 0.2) is 0 Å². The van der Waals surface area contributed by atoms with Gasteiger partial charge in [0.2, 0.25) is 0 Å². The average Bonchev–Trinajstić information content (AvgIpc) is 2.62. The lowest BCUT2D eigenvalue weighted by Crippen LogP contribution is -2.17. The maximum absolute atomic E-state index is 13.5. The first-order chi connectivity index (χ1) is 14.8. The number of alkyl halides is 9. The molecule has 33 heavy (non-hydrogen) atoms. The lowest BCUT2D eigenvalue weighted by molar-refractivity contribution is -0.394. The normalized spacial score (nSPS) is 12.6. The molecule has 0 atom stereocenters. The number of non-ortho nitro benzene ring substituents is 1. The highest BCUT2D eigenvalue weighted by molar-refractivity contribution is 9.13. The van der Waals surface area contributed by atoms with Gasteiger partial charge in [0, 0.05) is 10.5 Å². The van der Waals surface area contributed by atoms with E-state index in [9.17, 15) is 59.7 Å². The molecule has 0 saturated carbocycles. The number of hydrogen-bond donors (Lipinski definition) is 1. The molecule has 2 rings (SSSR count). The third-order valence-corrected chi connectivity index (χ3v) is 6.03. The van der Waals surface area contributed by atoms with Gasteiger partial charge in [-0.2, -0.15) is 39.5 Å². The summed E-state index contributed by atoms with van der Waals surface area (Å²) in [5.74, 6) is 0. The lowest BCUT2D eigenvalue weighted by Gasteiger charge is -2.22. The summed E-state index contributed by atoms with van der Waals surface area (Å²) in [7, 11) is 0. The lowest BCUT2D eigenvalue weighted by atomic mass is 10.0. The molecule has 0 amide bonds. The zero-order valence-electron chi connectivity index (χ0n) is 14.9. The zero-order chi connectivity index (χ0) is 25.7. The van der Waals surface area contributed by atoms with Crippen LogP contribution in [-0.4, -0.2) is 9.85 Å². The van der Waals surface area contributed by atoms with Crippen LogP contribution in [0.25, 0.3) is 0 Å². The van der Waals surface area contributed by atoms with Gasteiger partial charge < -0.3 is 5.32 Å². The van der Waals surface area contributed by atoms with E-state index in [1.807, 2.05) is 0 Å². The standard InChI is InChI=1S/C15H4Br2F9N3O4/c16-9-5(13(18,19)20)3-7(15(24,25)26)12(10(9)17)27-11-6(14(21,22)23)1-4(28(30)31)2-8(11)29(32)33/h1-3,27H. The van der Waals surface area contributed by atoms with Crippen LogP contribution < -0.4 is 5.32 Å². The van der Waals surface area contributed by atoms with Gasteiger partial charge in [-0.25, -0.2) is 0 Å². The minimum atomic E-state index is -5.57. The van der Waals surface area contributed by atoms with Crippen molar-refractivity contribution in [3.63, 3.8) is 0 Å². The molecule has 7 nitrogen and oxygen atoms in total. The summed E-state index contributed by atoms with van der Waals surface area (Å²) in [6, 6.07) is -0.533. The van der Waals surface area contributed by atoms with E-state index in [4.69, 9.17) is 0 Å². The molecule has 0 saturated heterocycles. The van der Waals surface area contributed by atoms with E-state index in [1.165, 1.54) is 5.32 Å². The number of nitrogens with one attached hydrogen (secondary N) is 1. The van der Waals surface area contributed by atoms with Gasteiger partial charge in [0.25, 0.3) is 11.4 Å². The fourth-order valence-electron chi connectivity index (χ4n) is 2.52. The minimum Gasteiger partial charge on any atom is -0.348 e. The summed E-state index contributed by atoms with van der Waals surface area (Å²) in [6.45, 7) is 0. The fraction of sp³-hybridized carbons (Fsp3) is 0.200. The highest BCUT2D eigenvalue weighted by Gasteiger charge is 2.44. The van der Waals surface area contributed by atoms with E-state index in [0.717, 1.165) is 0 Å². The van der Waals surface area contributed by atoms with Gasteiger partial charge in [0.1, 0.15) is 5.69 Å². The Morgan fingerprint density at radius 1 is 0.667 bits per heavy atom. The van der Waals surface area contributed by atoms with E-state index < -0.39 is 82.8 Å². The molecule has 0 aliphatic heterocycles. The van der Waals surface area contributed by atoms with Crippen molar-refractivity contribution in [1.82, 2.24) is 0 Å². The fourth-order valence-corrected chi connectivity index (χ4v) is 3.58. The number of hydrogen-bond acceptors (Lipinski definition) is 5. The Hall–Kier alpha value is -2.63. The van der Waals surface area contributed by atoms with Gasteiger partial charge >= 0.3 is 18.5 Å². The molecule has 0 radical (unpaired) electrons. The summed E-state index contributed by atoms with van der Waals surface area (Å²) in [5, 5.41) is 23.6. The van der Waals surface area contributed by atoms with Crippen molar-refractivity contribution < 1.29 is 49.4 Å². The van der Waals surface area contributed by atoms with Crippen LogP contribution in [0.2, 0.25) is 0 Å². The van der Waals surface area contributed by atoms with Crippen molar-refractivity contribution in [3.8, 4) is 0 Å².